The number of hydrogen-bond acceptors (Lipinski definition) is 2. The van der Waals surface area contributed by atoms with Gasteiger partial charge in [0.2, 0.25) is 0 Å². The molecule has 0 aromatic rings. The molecule has 3 heteroatoms. The van der Waals surface area contributed by atoms with E-state index in [-0.39, 0.29) is 5.41 Å². The second-order valence-electron chi connectivity index (χ2n) is 4.70. The van der Waals surface area contributed by atoms with Crippen molar-refractivity contribution in [3.8, 4) is 0 Å². The zero-order valence-corrected chi connectivity index (χ0v) is 8.38. The summed E-state index contributed by atoms with van der Waals surface area (Å²) in [7, 11) is 0. The average Bonchev–Trinajstić information content (AvgIpc) is 2.06. The van der Waals surface area contributed by atoms with Crippen LogP contribution in [0.1, 0.15) is 34.6 Å². The van der Waals surface area contributed by atoms with Crippen molar-refractivity contribution < 1.29 is 4.74 Å². The zero-order valence-electron chi connectivity index (χ0n) is 8.38. The van der Waals surface area contributed by atoms with Crippen molar-refractivity contribution in [2.24, 2.45) is 10.4 Å². The highest BCUT2D eigenvalue weighted by atomic mass is 16.5. The molecule has 0 aromatic heterocycles. The molecule has 0 atom stereocenters. The maximum absolute atomic E-state index is 11.3. The molecule has 12 heavy (non-hydrogen) atoms. The minimum absolute atomic E-state index is 0.0313. The topological polar surface area (TPSA) is 38.4 Å². The Hall–Kier alpha value is -0.860. The first-order valence-electron chi connectivity index (χ1n) is 4.15. The lowest BCUT2D eigenvalue weighted by Gasteiger charge is -2.15. The van der Waals surface area contributed by atoms with Crippen molar-refractivity contribution in [3.05, 3.63) is 5.21 Å². The fraction of sp³-hybridized carbons (Fsp3) is 0.778. The van der Waals surface area contributed by atoms with Crippen molar-refractivity contribution >= 4 is 11.9 Å². The lowest BCUT2D eigenvalue weighted by atomic mass is 9.91. The van der Waals surface area contributed by atoms with Crippen LogP contribution in [0.4, 0.5) is 0 Å². The highest BCUT2D eigenvalue weighted by Gasteiger charge is 2.35. The van der Waals surface area contributed by atoms with E-state index in [4.69, 9.17) is 0 Å². The minimum atomic E-state index is -0.609. The maximum atomic E-state index is 11.3. The first kappa shape index (κ1) is 9.23. The summed E-state index contributed by atoms with van der Waals surface area (Å²) >= 11 is 0. The van der Waals surface area contributed by atoms with Crippen LogP contribution < -0.4 is 0 Å². The van der Waals surface area contributed by atoms with Crippen LogP contribution in [0, 0.1) is 10.6 Å². The van der Waals surface area contributed by atoms with Gasteiger partial charge in [-0.15, -0.1) is 0 Å². The van der Waals surface area contributed by atoms with Gasteiger partial charge in [0.1, 0.15) is 5.71 Å². The third kappa shape index (κ3) is 1.49. The summed E-state index contributed by atoms with van der Waals surface area (Å²) in [6.07, 6.45) is 1.58. The van der Waals surface area contributed by atoms with Crippen LogP contribution in [-0.2, 0) is 0 Å². The molecule has 0 aromatic carbocycles. The molecule has 0 N–H and O–H groups in total. The van der Waals surface area contributed by atoms with Crippen LogP contribution in [0.5, 0.6) is 0 Å². The Morgan fingerprint density at radius 1 is 1.42 bits per heavy atom. The number of aliphatic imine (C=N–C) groups is 1. The second-order valence-corrected chi connectivity index (χ2v) is 4.70. The Balaban J connectivity index is 3.02. The highest BCUT2D eigenvalue weighted by Crippen LogP contribution is 2.23. The molecule has 0 spiro atoms. The summed E-state index contributed by atoms with van der Waals surface area (Å²) in [5.74, 6) is 0. The first-order chi connectivity index (χ1) is 5.23. The number of nitrogens with zero attached hydrogens (tertiary/aromatic N) is 2. The lowest BCUT2D eigenvalue weighted by Crippen LogP contribution is -2.26. The van der Waals surface area contributed by atoms with Crippen molar-refractivity contribution in [1.82, 2.24) is 0 Å². The van der Waals surface area contributed by atoms with Gasteiger partial charge in [-0.05, 0) is 0 Å². The van der Waals surface area contributed by atoms with Crippen LogP contribution in [0.3, 0.4) is 0 Å². The van der Waals surface area contributed by atoms with Crippen LogP contribution in [0.25, 0.3) is 0 Å². The molecule has 0 radical (unpaired) electrons. The van der Waals surface area contributed by atoms with Gasteiger partial charge in [-0.1, -0.05) is 20.8 Å². The molecule has 1 aliphatic heterocycles. The van der Waals surface area contributed by atoms with E-state index in [2.05, 4.69) is 25.8 Å². The second kappa shape index (κ2) is 2.31. The molecule has 1 aliphatic rings. The van der Waals surface area contributed by atoms with E-state index in [1.165, 1.54) is 0 Å². The molecule has 0 bridgehead atoms. The normalized spacial score (nSPS) is 22.1. The van der Waals surface area contributed by atoms with Gasteiger partial charge in [0.05, 0.1) is 0 Å². The zero-order chi connectivity index (χ0) is 9.57. The van der Waals surface area contributed by atoms with Crippen LogP contribution in [-0.4, -0.2) is 22.3 Å². The number of rotatable bonds is 0. The average molecular weight is 168 g/mol. The monoisotopic (exact) mass is 168 g/mol. The van der Waals surface area contributed by atoms with E-state index < -0.39 is 5.66 Å². The molecule has 0 unspecified atom stereocenters. The quantitative estimate of drug-likeness (QED) is 0.401. The van der Waals surface area contributed by atoms with Gasteiger partial charge in [0.25, 0.3) is 5.66 Å². The Morgan fingerprint density at radius 3 is 2.08 bits per heavy atom. The van der Waals surface area contributed by atoms with E-state index in [0.29, 0.717) is 0 Å². The van der Waals surface area contributed by atoms with Gasteiger partial charge >= 0.3 is 0 Å². The third-order valence-corrected chi connectivity index (χ3v) is 1.94. The van der Waals surface area contributed by atoms with E-state index in [0.717, 1.165) is 10.5 Å². The molecule has 0 saturated carbocycles. The standard InChI is InChI=1S/C9H16N2O/c1-8(2,3)7-6-11(12)9(4,5)10-7/h6H,1-5H3. The third-order valence-electron chi connectivity index (χ3n) is 1.94. The highest BCUT2D eigenvalue weighted by molar-refractivity contribution is 6.31. The van der Waals surface area contributed by atoms with Crippen LogP contribution >= 0.6 is 0 Å². The first-order valence-corrected chi connectivity index (χ1v) is 4.15. The number of hydroxylamine groups is 1. The molecule has 3 nitrogen and oxygen atoms in total. The maximum Gasteiger partial charge on any atom is 0.260 e. The molecule has 0 amide bonds. The molecule has 1 rings (SSSR count). The Kier molecular flexibility index (Phi) is 1.78. The fourth-order valence-corrected chi connectivity index (χ4v) is 1.00. The SMILES string of the molecule is CC(C)(C)C1=NC(C)(C)[N+]([O-])=C1. The van der Waals surface area contributed by atoms with Crippen molar-refractivity contribution in [2.75, 3.05) is 0 Å². The van der Waals surface area contributed by atoms with Gasteiger partial charge < -0.3 is 5.21 Å². The van der Waals surface area contributed by atoms with E-state index >= 15 is 0 Å². The van der Waals surface area contributed by atoms with E-state index in [9.17, 15) is 5.21 Å². The summed E-state index contributed by atoms with van der Waals surface area (Å²) in [5.41, 5.74) is 0.237. The summed E-state index contributed by atoms with van der Waals surface area (Å²) in [4.78, 5) is 4.35. The van der Waals surface area contributed by atoms with Gasteiger partial charge in [0.15, 0.2) is 6.21 Å². The molecule has 1 heterocycles. The largest absolute Gasteiger partial charge is 0.622 e. The molecule has 0 aliphatic carbocycles. The van der Waals surface area contributed by atoms with Gasteiger partial charge in [-0.25, -0.2) is 4.99 Å². The molecular weight excluding hydrogens is 152 g/mol. The lowest BCUT2D eigenvalue weighted by molar-refractivity contribution is -0.528. The minimum Gasteiger partial charge on any atom is -0.622 e. The molecule has 68 valence electrons. The van der Waals surface area contributed by atoms with Gasteiger partial charge in [0, 0.05) is 19.3 Å². The Bertz CT molecular complexity index is 256. The van der Waals surface area contributed by atoms with Crippen molar-refractivity contribution in [1.29, 1.82) is 0 Å². The summed E-state index contributed by atoms with van der Waals surface area (Å²) in [6.45, 7) is 9.79. The van der Waals surface area contributed by atoms with Crippen LogP contribution in [0.2, 0.25) is 0 Å². The van der Waals surface area contributed by atoms with Crippen molar-refractivity contribution in [2.45, 2.75) is 40.3 Å². The van der Waals surface area contributed by atoms with Crippen molar-refractivity contribution in [3.63, 3.8) is 0 Å². The molecule has 0 fully saturated rings. The predicted molar refractivity (Wildman–Crippen MR) is 50.7 cm³/mol. The molecule has 0 saturated heterocycles. The fourth-order valence-electron chi connectivity index (χ4n) is 1.00. The number of hydrogen-bond donors (Lipinski definition) is 0. The smallest absolute Gasteiger partial charge is 0.260 e. The Labute approximate surface area is 73.4 Å². The van der Waals surface area contributed by atoms with Gasteiger partial charge in [-0.3, -0.25) is 0 Å². The summed E-state index contributed by atoms with van der Waals surface area (Å²) < 4.78 is 0.910. The van der Waals surface area contributed by atoms with Gasteiger partial charge in [-0.2, -0.15) is 4.74 Å². The Morgan fingerprint density at radius 2 is 1.92 bits per heavy atom. The predicted octanol–water partition coefficient (Wildman–Crippen LogP) is 1.80. The van der Waals surface area contributed by atoms with E-state index in [1.54, 1.807) is 6.21 Å². The molecular formula is C9H16N2O. The van der Waals surface area contributed by atoms with E-state index in [1.807, 2.05) is 13.8 Å². The summed E-state index contributed by atoms with van der Waals surface area (Å²) in [5, 5.41) is 11.3. The van der Waals surface area contributed by atoms with Crippen LogP contribution in [0.15, 0.2) is 4.99 Å². The summed E-state index contributed by atoms with van der Waals surface area (Å²) in [6, 6.07) is 0.